The summed E-state index contributed by atoms with van der Waals surface area (Å²) in [5.74, 6) is 1.75. The first kappa shape index (κ1) is 13.5. The van der Waals surface area contributed by atoms with Crippen LogP contribution >= 0.6 is 11.8 Å². The van der Waals surface area contributed by atoms with Gasteiger partial charge in [-0.15, -0.1) is 0 Å². The maximum atomic E-state index is 4.40. The second kappa shape index (κ2) is 6.31. The molecule has 0 amide bonds. The highest BCUT2D eigenvalue weighted by molar-refractivity contribution is 7.98. The van der Waals surface area contributed by atoms with Gasteiger partial charge in [-0.25, -0.2) is 4.98 Å². The molecule has 106 valence electrons. The Morgan fingerprint density at radius 3 is 2.71 bits per heavy atom. The molecule has 0 spiro atoms. The molecule has 3 aromatic rings. The van der Waals surface area contributed by atoms with Gasteiger partial charge in [-0.3, -0.25) is 0 Å². The second-order valence-corrected chi connectivity index (χ2v) is 5.05. The molecule has 0 atom stereocenters. The fourth-order valence-electron chi connectivity index (χ4n) is 1.66. The van der Waals surface area contributed by atoms with E-state index >= 15 is 0 Å². The Morgan fingerprint density at radius 2 is 2.00 bits per heavy atom. The van der Waals surface area contributed by atoms with Crippen LogP contribution in [0.2, 0.25) is 0 Å². The van der Waals surface area contributed by atoms with Gasteiger partial charge < -0.3 is 5.32 Å². The number of nitrogens with zero attached hydrogens (tertiary/aromatic N) is 6. The minimum Gasteiger partial charge on any atom is -0.357 e. The molecule has 7 nitrogen and oxygen atoms in total. The van der Waals surface area contributed by atoms with Gasteiger partial charge in [-0.2, -0.15) is 24.7 Å². The SMILES string of the molecule is CNc1nc(SCc2ccccc2)nc(-n2cncn2)n1. The summed E-state index contributed by atoms with van der Waals surface area (Å²) in [5.41, 5.74) is 1.22. The summed E-state index contributed by atoms with van der Waals surface area (Å²) in [6.45, 7) is 0. The second-order valence-electron chi connectivity index (χ2n) is 4.11. The van der Waals surface area contributed by atoms with Crippen LogP contribution in [0.25, 0.3) is 5.95 Å². The van der Waals surface area contributed by atoms with Crippen LogP contribution in [-0.4, -0.2) is 36.8 Å². The van der Waals surface area contributed by atoms with Gasteiger partial charge in [0.15, 0.2) is 5.16 Å². The van der Waals surface area contributed by atoms with Crippen LogP contribution in [0.1, 0.15) is 5.56 Å². The van der Waals surface area contributed by atoms with E-state index in [0.29, 0.717) is 17.1 Å². The Bertz CT molecular complexity index is 700. The predicted octanol–water partition coefficient (Wildman–Crippen LogP) is 1.79. The zero-order valence-corrected chi connectivity index (χ0v) is 12.2. The van der Waals surface area contributed by atoms with Gasteiger partial charge in [-0.05, 0) is 5.56 Å². The lowest BCUT2D eigenvalue weighted by molar-refractivity contribution is 0.761. The highest BCUT2D eigenvalue weighted by atomic mass is 32.2. The first-order chi connectivity index (χ1) is 10.3. The van der Waals surface area contributed by atoms with E-state index in [0.717, 1.165) is 5.75 Å². The number of anilines is 1. The molecular formula is C13H13N7S. The van der Waals surface area contributed by atoms with Gasteiger partial charge in [0.25, 0.3) is 5.95 Å². The van der Waals surface area contributed by atoms with Crippen molar-refractivity contribution in [2.75, 3.05) is 12.4 Å². The van der Waals surface area contributed by atoms with Gasteiger partial charge in [0.05, 0.1) is 0 Å². The average molecular weight is 299 g/mol. The lowest BCUT2D eigenvalue weighted by atomic mass is 10.2. The molecule has 2 heterocycles. The topological polar surface area (TPSA) is 81.4 Å². The van der Waals surface area contributed by atoms with Crippen molar-refractivity contribution in [1.82, 2.24) is 29.7 Å². The molecule has 0 saturated heterocycles. The van der Waals surface area contributed by atoms with Crippen LogP contribution in [0.15, 0.2) is 48.1 Å². The van der Waals surface area contributed by atoms with Crippen molar-refractivity contribution in [3.8, 4) is 5.95 Å². The minimum atomic E-state index is 0.447. The molecule has 1 N–H and O–H groups in total. The zero-order valence-electron chi connectivity index (χ0n) is 11.3. The number of hydrogen-bond donors (Lipinski definition) is 1. The van der Waals surface area contributed by atoms with E-state index in [1.165, 1.54) is 16.6 Å². The zero-order chi connectivity index (χ0) is 14.5. The van der Waals surface area contributed by atoms with Gasteiger partial charge in [-0.1, -0.05) is 42.1 Å². The van der Waals surface area contributed by atoms with Gasteiger partial charge in [0.1, 0.15) is 12.7 Å². The number of thioether (sulfide) groups is 1. The molecule has 2 aromatic heterocycles. The van der Waals surface area contributed by atoms with Gasteiger partial charge in [0, 0.05) is 12.8 Å². The summed E-state index contributed by atoms with van der Waals surface area (Å²) in [4.78, 5) is 16.9. The summed E-state index contributed by atoms with van der Waals surface area (Å²) in [5, 5.41) is 7.61. The highest BCUT2D eigenvalue weighted by Gasteiger charge is 2.08. The van der Waals surface area contributed by atoms with Crippen molar-refractivity contribution >= 4 is 17.7 Å². The lowest BCUT2D eigenvalue weighted by Gasteiger charge is -2.06. The monoisotopic (exact) mass is 299 g/mol. The standard InChI is InChI=1S/C13H13N7S/c1-14-11-17-12(20-9-15-8-16-20)19-13(18-11)21-7-10-5-3-2-4-6-10/h2-6,8-9H,7H2,1H3,(H,14,17,18,19). The van der Waals surface area contributed by atoms with Crippen molar-refractivity contribution < 1.29 is 0 Å². The van der Waals surface area contributed by atoms with E-state index in [-0.39, 0.29) is 0 Å². The summed E-state index contributed by atoms with van der Waals surface area (Å²) >= 11 is 1.55. The molecule has 1 aromatic carbocycles. The van der Waals surface area contributed by atoms with E-state index in [1.807, 2.05) is 18.2 Å². The third-order valence-electron chi connectivity index (χ3n) is 2.66. The number of rotatable bonds is 5. The van der Waals surface area contributed by atoms with Crippen molar-refractivity contribution in [2.24, 2.45) is 0 Å². The van der Waals surface area contributed by atoms with Crippen LogP contribution in [0.5, 0.6) is 0 Å². The maximum absolute atomic E-state index is 4.40. The number of benzene rings is 1. The van der Waals surface area contributed by atoms with E-state index in [4.69, 9.17) is 0 Å². The molecule has 0 fully saturated rings. The summed E-state index contributed by atoms with van der Waals surface area (Å²) in [6, 6.07) is 10.2. The average Bonchev–Trinajstić information content (AvgIpc) is 3.08. The van der Waals surface area contributed by atoms with Crippen LogP contribution in [0.3, 0.4) is 0 Å². The number of nitrogens with one attached hydrogen (secondary N) is 1. The maximum Gasteiger partial charge on any atom is 0.257 e. The first-order valence-electron chi connectivity index (χ1n) is 6.31. The molecule has 8 heteroatoms. The smallest absolute Gasteiger partial charge is 0.257 e. The van der Waals surface area contributed by atoms with E-state index in [2.05, 4.69) is 42.5 Å². The van der Waals surface area contributed by atoms with Crippen molar-refractivity contribution in [2.45, 2.75) is 10.9 Å². The molecular weight excluding hydrogens is 286 g/mol. The fraction of sp³-hybridized carbons (Fsp3) is 0.154. The Balaban J connectivity index is 1.83. The van der Waals surface area contributed by atoms with E-state index in [1.54, 1.807) is 25.1 Å². The molecule has 0 unspecified atom stereocenters. The summed E-state index contributed by atoms with van der Waals surface area (Å²) in [7, 11) is 1.77. The summed E-state index contributed by atoms with van der Waals surface area (Å²) < 4.78 is 1.51. The molecule has 0 radical (unpaired) electrons. The van der Waals surface area contributed by atoms with Gasteiger partial charge >= 0.3 is 0 Å². The van der Waals surface area contributed by atoms with Crippen molar-refractivity contribution in [3.63, 3.8) is 0 Å². The molecule has 21 heavy (non-hydrogen) atoms. The van der Waals surface area contributed by atoms with E-state index < -0.39 is 0 Å². The van der Waals surface area contributed by atoms with Gasteiger partial charge in [0.2, 0.25) is 5.95 Å². The first-order valence-corrected chi connectivity index (χ1v) is 7.29. The predicted molar refractivity (Wildman–Crippen MR) is 80.3 cm³/mol. The Hall–Kier alpha value is -2.48. The van der Waals surface area contributed by atoms with Crippen LogP contribution < -0.4 is 5.32 Å². The Kier molecular flexibility index (Phi) is 4.06. The third-order valence-corrected chi connectivity index (χ3v) is 3.58. The van der Waals surface area contributed by atoms with Crippen molar-refractivity contribution in [3.05, 3.63) is 48.5 Å². The van der Waals surface area contributed by atoms with E-state index in [9.17, 15) is 0 Å². The molecule has 0 bridgehead atoms. The molecule has 0 saturated carbocycles. The molecule has 0 aliphatic carbocycles. The van der Waals surface area contributed by atoms with Crippen LogP contribution in [0, 0.1) is 0 Å². The third kappa shape index (κ3) is 3.34. The highest BCUT2D eigenvalue weighted by Crippen LogP contribution is 2.20. The number of hydrogen-bond acceptors (Lipinski definition) is 7. The Labute approximate surface area is 125 Å². The fourth-order valence-corrected chi connectivity index (χ4v) is 2.44. The lowest BCUT2D eigenvalue weighted by Crippen LogP contribution is -2.07. The number of aromatic nitrogens is 6. The molecule has 0 aliphatic heterocycles. The quantitative estimate of drug-likeness (QED) is 0.719. The molecule has 3 rings (SSSR count). The van der Waals surface area contributed by atoms with Crippen LogP contribution in [0.4, 0.5) is 5.95 Å². The summed E-state index contributed by atoms with van der Waals surface area (Å²) in [6.07, 6.45) is 3.00. The normalized spacial score (nSPS) is 10.5. The Morgan fingerprint density at radius 1 is 1.14 bits per heavy atom. The minimum absolute atomic E-state index is 0.447. The van der Waals surface area contributed by atoms with Crippen LogP contribution in [-0.2, 0) is 5.75 Å². The van der Waals surface area contributed by atoms with Crippen molar-refractivity contribution in [1.29, 1.82) is 0 Å². The molecule has 0 aliphatic rings. The largest absolute Gasteiger partial charge is 0.357 e.